The molecule has 5 rings (SSSR count). The van der Waals surface area contributed by atoms with Gasteiger partial charge in [-0.3, -0.25) is 4.57 Å². The Morgan fingerprint density at radius 2 is 1.78 bits per heavy atom. The lowest BCUT2D eigenvalue weighted by Gasteiger charge is -2.14. The van der Waals surface area contributed by atoms with Crippen LogP contribution < -0.4 is 5.32 Å². The zero-order valence-electron chi connectivity index (χ0n) is 16.8. The van der Waals surface area contributed by atoms with Crippen LogP contribution in [-0.2, 0) is 6.54 Å². The highest BCUT2D eigenvalue weighted by atomic mass is 35.5. The van der Waals surface area contributed by atoms with E-state index in [1.165, 1.54) is 29.2 Å². The zero-order valence-corrected chi connectivity index (χ0v) is 17.5. The van der Waals surface area contributed by atoms with Gasteiger partial charge in [-0.2, -0.15) is 4.98 Å². The molecule has 4 aromatic rings. The Morgan fingerprint density at radius 1 is 1.03 bits per heavy atom. The zero-order chi connectivity index (χ0) is 22.2. The molecule has 1 atom stereocenters. The predicted octanol–water partition coefficient (Wildman–Crippen LogP) is 5.59. The van der Waals surface area contributed by atoms with E-state index in [1.807, 2.05) is 0 Å². The Hall–Kier alpha value is -3.33. The topological polar surface area (TPSA) is 60.6 Å². The van der Waals surface area contributed by atoms with Crippen molar-refractivity contribution in [3.8, 4) is 5.69 Å². The summed E-state index contributed by atoms with van der Waals surface area (Å²) < 4.78 is 45.7. The van der Waals surface area contributed by atoms with Crippen LogP contribution in [0, 0.1) is 17.5 Å². The Bertz CT molecular complexity index is 1240. The van der Waals surface area contributed by atoms with E-state index >= 15 is 0 Å². The van der Waals surface area contributed by atoms with Crippen molar-refractivity contribution in [2.45, 2.75) is 31.7 Å². The molecule has 6 nitrogen and oxygen atoms in total. The molecule has 0 spiro atoms. The van der Waals surface area contributed by atoms with E-state index in [2.05, 4.69) is 20.4 Å². The molecule has 0 aliphatic carbocycles. The van der Waals surface area contributed by atoms with Crippen LogP contribution in [0.25, 0.3) is 5.69 Å². The van der Waals surface area contributed by atoms with Gasteiger partial charge in [0.25, 0.3) is 0 Å². The first-order chi connectivity index (χ1) is 15.5. The van der Waals surface area contributed by atoms with Crippen molar-refractivity contribution in [2.24, 2.45) is 0 Å². The molecule has 0 radical (unpaired) electrons. The lowest BCUT2D eigenvalue weighted by Crippen LogP contribution is -2.08. The fourth-order valence-corrected chi connectivity index (χ4v) is 4.16. The minimum absolute atomic E-state index is 0.0389. The fraction of sp³-hybridized carbons (Fsp3) is 0.227. The number of benzene rings is 2. The third kappa shape index (κ3) is 3.95. The van der Waals surface area contributed by atoms with Crippen LogP contribution in [0.3, 0.4) is 0 Å². The Labute approximate surface area is 186 Å². The van der Waals surface area contributed by atoms with Gasteiger partial charge in [-0.05, 0) is 42.7 Å². The molecule has 0 bridgehead atoms. The molecule has 164 valence electrons. The van der Waals surface area contributed by atoms with Gasteiger partial charge in [0.15, 0.2) is 11.6 Å². The summed E-state index contributed by atoms with van der Waals surface area (Å²) in [5, 5.41) is 7.51. The summed E-state index contributed by atoms with van der Waals surface area (Å²) in [6.07, 6.45) is 5.33. The monoisotopic (exact) mass is 458 g/mol. The van der Waals surface area contributed by atoms with E-state index in [4.69, 9.17) is 11.6 Å². The van der Waals surface area contributed by atoms with Crippen LogP contribution in [-0.4, -0.2) is 24.3 Å². The number of imidazole rings is 1. The minimum atomic E-state index is -0.786. The van der Waals surface area contributed by atoms with E-state index in [-0.39, 0.29) is 34.2 Å². The average Bonchev–Trinajstić information content (AvgIpc) is 3.29. The summed E-state index contributed by atoms with van der Waals surface area (Å²) in [5.41, 5.74) is 0.850. The van der Waals surface area contributed by atoms with Crippen LogP contribution in [0.1, 0.15) is 36.6 Å². The molecule has 1 aliphatic heterocycles. The standard InChI is InChI=1S/C22H18ClF3N6/c23-19-11-31(12-27-19)20-17(25)9-15(10-18(20)26)28-22-29-21-16(3-1-2-8-32(21)30-22)13-4-6-14(24)7-5-13/h4-7,9-12,16H,1-3,8H2,(H,28,30). The van der Waals surface area contributed by atoms with Crippen molar-refractivity contribution < 1.29 is 13.2 Å². The molecule has 3 heterocycles. The number of halogens is 4. The van der Waals surface area contributed by atoms with Gasteiger partial charge >= 0.3 is 0 Å². The third-order valence-electron chi connectivity index (χ3n) is 5.48. The number of nitrogens with zero attached hydrogens (tertiary/aromatic N) is 5. The first-order valence-corrected chi connectivity index (χ1v) is 10.5. The molecule has 0 amide bonds. The van der Waals surface area contributed by atoms with E-state index in [9.17, 15) is 13.2 Å². The molecule has 10 heteroatoms. The van der Waals surface area contributed by atoms with Crippen LogP contribution in [0.5, 0.6) is 0 Å². The number of anilines is 2. The van der Waals surface area contributed by atoms with Crippen LogP contribution >= 0.6 is 11.6 Å². The van der Waals surface area contributed by atoms with Crippen LogP contribution in [0.15, 0.2) is 48.9 Å². The van der Waals surface area contributed by atoms with Gasteiger partial charge in [0, 0.05) is 24.3 Å². The first-order valence-electron chi connectivity index (χ1n) is 10.1. The molecular weight excluding hydrogens is 441 g/mol. The largest absolute Gasteiger partial charge is 0.323 e. The van der Waals surface area contributed by atoms with E-state index in [1.54, 1.807) is 16.8 Å². The average molecular weight is 459 g/mol. The van der Waals surface area contributed by atoms with Gasteiger partial charge in [-0.25, -0.2) is 22.8 Å². The maximum Gasteiger partial charge on any atom is 0.246 e. The summed E-state index contributed by atoms with van der Waals surface area (Å²) in [4.78, 5) is 8.38. The van der Waals surface area contributed by atoms with Gasteiger partial charge in [-0.1, -0.05) is 30.2 Å². The van der Waals surface area contributed by atoms with Crippen LogP contribution in [0.2, 0.25) is 5.15 Å². The number of hydrogen-bond donors (Lipinski definition) is 1. The Kier molecular flexibility index (Phi) is 5.34. The number of hydrogen-bond acceptors (Lipinski definition) is 4. The molecule has 2 aromatic carbocycles. The summed E-state index contributed by atoms with van der Waals surface area (Å²) in [6.45, 7) is 0.685. The summed E-state index contributed by atoms with van der Waals surface area (Å²) in [7, 11) is 0. The molecule has 1 aliphatic rings. The van der Waals surface area contributed by atoms with Crippen molar-refractivity contribution in [3.05, 3.63) is 82.9 Å². The SMILES string of the molecule is Fc1ccc(C2CCCCn3nc(Nc4cc(F)c(-n5cnc(Cl)c5)c(F)c4)nc32)cc1. The van der Waals surface area contributed by atoms with E-state index < -0.39 is 11.6 Å². The van der Waals surface area contributed by atoms with Gasteiger partial charge in [-0.15, -0.1) is 5.10 Å². The summed E-state index contributed by atoms with van der Waals surface area (Å²) in [5.74, 6) is -0.925. The van der Waals surface area contributed by atoms with Gasteiger partial charge < -0.3 is 5.32 Å². The van der Waals surface area contributed by atoms with Crippen LogP contribution in [0.4, 0.5) is 24.8 Å². The molecule has 32 heavy (non-hydrogen) atoms. The fourth-order valence-electron chi connectivity index (χ4n) is 4.01. The van der Waals surface area contributed by atoms with Crippen molar-refractivity contribution in [1.82, 2.24) is 24.3 Å². The van der Waals surface area contributed by atoms with Crippen molar-refractivity contribution >= 4 is 23.2 Å². The lowest BCUT2D eigenvalue weighted by atomic mass is 9.93. The third-order valence-corrected chi connectivity index (χ3v) is 5.67. The Balaban J connectivity index is 1.45. The molecular formula is C22H18ClF3N6. The Morgan fingerprint density at radius 3 is 2.47 bits per heavy atom. The maximum atomic E-state index is 14.7. The number of nitrogens with one attached hydrogen (secondary N) is 1. The summed E-state index contributed by atoms with van der Waals surface area (Å²) in [6, 6.07) is 8.69. The molecule has 2 aromatic heterocycles. The molecule has 1 N–H and O–H groups in total. The van der Waals surface area contributed by atoms with E-state index in [0.29, 0.717) is 6.54 Å². The number of fused-ring (bicyclic) bond motifs is 1. The normalized spacial score (nSPS) is 15.9. The molecule has 0 saturated heterocycles. The highest BCUT2D eigenvalue weighted by Crippen LogP contribution is 2.33. The van der Waals surface area contributed by atoms with Gasteiger partial charge in [0.1, 0.15) is 28.8 Å². The number of aryl methyl sites for hydroxylation is 1. The van der Waals surface area contributed by atoms with Crippen molar-refractivity contribution in [1.29, 1.82) is 0 Å². The quantitative estimate of drug-likeness (QED) is 0.433. The lowest BCUT2D eigenvalue weighted by molar-refractivity contribution is 0.569. The van der Waals surface area contributed by atoms with Gasteiger partial charge in [0.05, 0.1) is 0 Å². The predicted molar refractivity (Wildman–Crippen MR) is 114 cm³/mol. The van der Waals surface area contributed by atoms with Crippen molar-refractivity contribution in [3.63, 3.8) is 0 Å². The highest BCUT2D eigenvalue weighted by molar-refractivity contribution is 6.29. The summed E-state index contributed by atoms with van der Waals surface area (Å²) >= 11 is 5.75. The van der Waals surface area contributed by atoms with Crippen molar-refractivity contribution in [2.75, 3.05) is 5.32 Å². The smallest absolute Gasteiger partial charge is 0.246 e. The molecule has 1 unspecified atom stereocenters. The second-order valence-electron chi connectivity index (χ2n) is 7.63. The molecule has 0 fully saturated rings. The number of rotatable bonds is 4. The maximum absolute atomic E-state index is 14.7. The second-order valence-corrected chi connectivity index (χ2v) is 8.02. The number of aromatic nitrogens is 5. The first kappa shape index (κ1) is 20.6. The highest BCUT2D eigenvalue weighted by Gasteiger charge is 2.25. The van der Waals surface area contributed by atoms with E-state index in [0.717, 1.165) is 42.8 Å². The second kappa shape index (κ2) is 8.31. The molecule has 0 saturated carbocycles. The van der Waals surface area contributed by atoms with Gasteiger partial charge in [0.2, 0.25) is 5.95 Å². The minimum Gasteiger partial charge on any atom is -0.323 e.